The Balaban J connectivity index is 1.38. The maximum Gasteiger partial charge on any atom is 0.494 e. The Morgan fingerprint density at radius 1 is 0.757 bits per heavy atom. The summed E-state index contributed by atoms with van der Waals surface area (Å²) < 4.78 is 28.0. The molecule has 2 fully saturated rings. The third-order valence-electron chi connectivity index (χ3n) is 8.76. The van der Waals surface area contributed by atoms with Crippen molar-refractivity contribution in [2.45, 2.75) is 104 Å². The third kappa shape index (κ3) is 4.01. The van der Waals surface area contributed by atoms with Gasteiger partial charge in [0.1, 0.15) is 0 Å². The van der Waals surface area contributed by atoms with Crippen LogP contribution in [0.3, 0.4) is 0 Å². The molecule has 3 aliphatic rings. The fourth-order valence-corrected chi connectivity index (χ4v) is 6.56. The van der Waals surface area contributed by atoms with Gasteiger partial charge in [-0.2, -0.15) is 0 Å². The van der Waals surface area contributed by atoms with Gasteiger partial charge >= 0.3 is 14.2 Å². The summed E-state index contributed by atoms with van der Waals surface area (Å²) >= 11 is 0. The highest BCUT2D eigenvalue weighted by atomic mass is 16.7. The molecule has 0 atom stereocenters. The fourth-order valence-electron chi connectivity index (χ4n) is 6.56. The molecule has 37 heavy (non-hydrogen) atoms. The Morgan fingerprint density at radius 3 is 1.95 bits per heavy atom. The van der Waals surface area contributed by atoms with Crippen molar-refractivity contribution in [2.75, 3.05) is 0 Å². The number of hydrogen-bond donors (Lipinski definition) is 0. The lowest BCUT2D eigenvalue weighted by molar-refractivity contribution is -0.0716. The molecule has 1 aliphatic carbocycles. The predicted molar refractivity (Wildman–Crippen MR) is 152 cm³/mol. The summed E-state index contributed by atoms with van der Waals surface area (Å²) in [6.45, 7) is 20.2. The maximum atomic E-state index is 6.38. The number of nitrogens with zero attached hydrogens (tertiary/aromatic N) is 1. The van der Waals surface area contributed by atoms with Gasteiger partial charge in [0.2, 0.25) is 0 Å². The van der Waals surface area contributed by atoms with Gasteiger partial charge in [0, 0.05) is 35.9 Å². The molecular weight excluding hydrogens is 460 g/mol. The highest BCUT2D eigenvalue weighted by Crippen LogP contribution is 2.43. The van der Waals surface area contributed by atoms with Gasteiger partial charge in [-0.05, 0) is 90.4 Å². The first kappa shape index (κ1) is 25.2. The molecule has 0 spiro atoms. The molecule has 2 aromatic carbocycles. The number of hydrogen-bond acceptors (Lipinski definition) is 4. The van der Waals surface area contributed by atoms with Crippen molar-refractivity contribution in [2.24, 2.45) is 0 Å². The van der Waals surface area contributed by atoms with E-state index in [0.29, 0.717) is 0 Å². The first-order valence-corrected chi connectivity index (χ1v) is 13.7. The molecule has 0 bridgehead atoms. The molecule has 3 heterocycles. The van der Waals surface area contributed by atoms with Crippen LogP contribution in [0.2, 0.25) is 0 Å². The van der Waals surface area contributed by atoms with Gasteiger partial charge < -0.3 is 23.2 Å². The van der Waals surface area contributed by atoms with E-state index < -0.39 is 0 Å². The van der Waals surface area contributed by atoms with Crippen molar-refractivity contribution in [1.82, 2.24) is 4.57 Å². The number of aromatic nitrogens is 1. The molecule has 5 nitrogen and oxygen atoms in total. The van der Waals surface area contributed by atoms with E-state index in [4.69, 9.17) is 18.6 Å². The lowest BCUT2D eigenvalue weighted by Gasteiger charge is -2.44. The molecule has 7 heteroatoms. The first-order chi connectivity index (χ1) is 17.2. The largest absolute Gasteiger partial charge is 0.494 e. The van der Waals surface area contributed by atoms with Gasteiger partial charge in [0.15, 0.2) is 0 Å². The molecule has 2 aliphatic heterocycles. The van der Waals surface area contributed by atoms with Crippen molar-refractivity contribution in [1.29, 1.82) is 0 Å². The van der Waals surface area contributed by atoms with Crippen LogP contribution in [-0.2, 0) is 31.6 Å². The Kier molecular flexibility index (Phi) is 5.45. The predicted octanol–water partition coefficient (Wildman–Crippen LogP) is 5.22. The average Bonchev–Trinajstić information content (AvgIpc) is 3.36. The fraction of sp³-hybridized carbons (Fsp3) is 0.533. The molecule has 0 amide bonds. The second-order valence-corrected chi connectivity index (χ2v) is 13.3. The zero-order valence-electron chi connectivity index (χ0n) is 23.8. The Hall–Kier alpha value is -2.05. The normalized spacial score (nSPS) is 22.9. The van der Waals surface area contributed by atoms with Crippen LogP contribution in [0, 0.1) is 0 Å². The van der Waals surface area contributed by atoms with Gasteiger partial charge in [-0.3, -0.25) is 0 Å². The minimum absolute atomic E-state index is 0.229. The first-order valence-electron chi connectivity index (χ1n) is 13.7. The standard InChI is InChI=1S/C30H39B2NO4/c1-10-33-25-14-12-21(32-36-29(6,7)30(8,9)37-32)17-23(25)24-16-19-15-20(11-13-22(19)26(24)33)31-34-27(2,3)18-28(4,5)35-31/h11-15,17H,10,16,18H2,1-9H3. The molecule has 0 N–H and O–H groups in total. The third-order valence-corrected chi connectivity index (χ3v) is 8.76. The second kappa shape index (κ2) is 7.98. The van der Waals surface area contributed by atoms with E-state index in [0.717, 1.165) is 30.3 Å². The number of benzene rings is 2. The molecule has 0 radical (unpaired) electrons. The van der Waals surface area contributed by atoms with Crippen LogP contribution in [0.25, 0.3) is 22.2 Å². The van der Waals surface area contributed by atoms with Gasteiger partial charge in [-0.1, -0.05) is 30.3 Å². The van der Waals surface area contributed by atoms with Crippen LogP contribution >= 0.6 is 0 Å². The molecule has 2 saturated heterocycles. The second-order valence-electron chi connectivity index (χ2n) is 13.3. The zero-order chi connectivity index (χ0) is 26.5. The molecule has 194 valence electrons. The minimum Gasteiger partial charge on any atom is -0.402 e. The Morgan fingerprint density at radius 2 is 1.32 bits per heavy atom. The SMILES string of the molecule is CCn1c2c(c3cc(B4OC(C)(C)C(C)(C)O4)ccc31)Cc1cc(B3OC(C)(C)CC(C)(C)O3)ccc1-2. The quantitative estimate of drug-likeness (QED) is 0.363. The number of fused-ring (bicyclic) bond motifs is 5. The van der Waals surface area contributed by atoms with Crippen molar-refractivity contribution in [3.05, 3.63) is 47.5 Å². The van der Waals surface area contributed by atoms with E-state index in [-0.39, 0.29) is 36.6 Å². The average molecular weight is 499 g/mol. The van der Waals surface area contributed by atoms with Gasteiger partial charge in [-0.15, -0.1) is 0 Å². The van der Waals surface area contributed by atoms with Crippen LogP contribution < -0.4 is 10.9 Å². The van der Waals surface area contributed by atoms with Crippen molar-refractivity contribution >= 4 is 36.1 Å². The summed E-state index contributed by atoms with van der Waals surface area (Å²) in [6, 6.07) is 13.4. The van der Waals surface area contributed by atoms with Gasteiger partial charge in [-0.25, -0.2) is 0 Å². The molecular formula is C30H39B2NO4. The minimum atomic E-state index is -0.363. The van der Waals surface area contributed by atoms with E-state index in [9.17, 15) is 0 Å². The zero-order valence-corrected chi connectivity index (χ0v) is 23.8. The molecule has 0 unspecified atom stereocenters. The van der Waals surface area contributed by atoms with Gasteiger partial charge in [0.05, 0.1) is 28.1 Å². The van der Waals surface area contributed by atoms with Gasteiger partial charge in [0.25, 0.3) is 0 Å². The Bertz CT molecular complexity index is 1370. The molecule has 6 rings (SSSR count). The molecule has 1 aromatic heterocycles. The Labute approximate surface area is 222 Å². The van der Waals surface area contributed by atoms with E-state index in [1.165, 1.54) is 33.3 Å². The number of aryl methyl sites for hydroxylation is 1. The van der Waals surface area contributed by atoms with Crippen LogP contribution in [0.1, 0.15) is 79.9 Å². The summed E-state index contributed by atoms with van der Waals surface area (Å²) in [7, 11) is -0.721. The molecule has 3 aromatic rings. The lowest BCUT2D eigenvalue weighted by Crippen LogP contribution is -2.56. The van der Waals surface area contributed by atoms with E-state index in [1.807, 2.05) is 0 Å². The summed E-state index contributed by atoms with van der Waals surface area (Å²) in [5.41, 5.74) is 7.62. The highest BCUT2D eigenvalue weighted by molar-refractivity contribution is 6.62. The van der Waals surface area contributed by atoms with Crippen LogP contribution in [0.4, 0.5) is 0 Å². The van der Waals surface area contributed by atoms with Crippen molar-refractivity contribution < 1.29 is 18.6 Å². The van der Waals surface area contributed by atoms with Crippen molar-refractivity contribution in [3.63, 3.8) is 0 Å². The topological polar surface area (TPSA) is 41.9 Å². The van der Waals surface area contributed by atoms with Crippen LogP contribution in [0.15, 0.2) is 36.4 Å². The highest BCUT2D eigenvalue weighted by Gasteiger charge is 2.52. The monoisotopic (exact) mass is 499 g/mol. The lowest BCUT2D eigenvalue weighted by atomic mass is 9.72. The van der Waals surface area contributed by atoms with E-state index in [2.05, 4.69) is 103 Å². The summed E-state index contributed by atoms with van der Waals surface area (Å²) in [5.74, 6) is 0. The maximum absolute atomic E-state index is 6.38. The number of rotatable bonds is 3. The van der Waals surface area contributed by atoms with Crippen LogP contribution in [-0.4, -0.2) is 41.2 Å². The van der Waals surface area contributed by atoms with E-state index in [1.54, 1.807) is 0 Å². The smallest absolute Gasteiger partial charge is 0.402 e. The van der Waals surface area contributed by atoms with Crippen LogP contribution in [0.5, 0.6) is 0 Å². The summed E-state index contributed by atoms with van der Waals surface area (Å²) in [5, 5.41) is 1.29. The summed E-state index contributed by atoms with van der Waals surface area (Å²) in [6.07, 6.45) is 1.76. The summed E-state index contributed by atoms with van der Waals surface area (Å²) in [4.78, 5) is 0. The van der Waals surface area contributed by atoms with E-state index >= 15 is 0 Å². The van der Waals surface area contributed by atoms with Crippen molar-refractivity contribution in [3.8, 4) is 11.3 Å². The molecule has 0 saturated carbocycles.